The van der Waals surface area contributed by atoms with Gasteiger partial charge in [0.15, 0.2) is 5.78 Å². The summed E-state index contributed by atoms with van der Waals surface area (Å²) in [6, 6.07) is 7.44. The van der Waals surface area contributed by atoms with Crippen molar-refractivity contribution in [1.29, 1.82) is 0 Å². The molecule has 0 atom stereocenters. The molecule has 3 rings (SSSR count). The van der Waals surface area contributed by atoms with E-state index in [9.17, 15) is 14.7 Å². The highest BCUT2D eigenvalue weighted by atomic mass is 79.9. The molecule has 1 amide bonds. The highest BCUT2D eigenvalue weighted by Crippen LogP contribution is 2.35. The van der Waals surface area contributed by atoms with E-state index in [0.717, 1.165) is 24.1 Å². The number of piperazine rings is 1. The van der Waals surface area contributed by atoms with Crippen molar-refractivity contribution in [2.45, 2.75) is 26.7 Å². The Morgan fingerprint density at radius 1 is 1.17 bits per heavy atom. The molecule has 0 saturated carbocycles. The minimum atomic E-state index is -0.189. The molecule has 1 heterocycles. The van der Waals surface area contributed by atoms with Crippen LogP contribution < -0.4 is 0 Å². The zero-order valence-corrected chi connectivity index (χ0v) is 18.6. The number of carbonyl (C=O) groups is 2. The van der Waals surface area contributed by atoms with Gasteiger partial charge in [0, 0.05) is 61.8 Å². The maximum atomic E-state index is 12.6. The molecule has 2 aliphatic rings. The lowest BCUT2D eigenvalue weighted by Crippen LogP contribution is -2.49. The number of hydrogen-bond acceptors (Lipinski definition) is 5. The molecule has 1 N–H and O–H groups in total. The van der Waals surface area contributed by atoms with E-state index in [1.54, 1.807) is 0 Å². The summed E-state index contributed by atoms with van der Waals surface area (Å²) in [4.78, 5) is 33.3. The van der Waals surface area contributed by atoms with E-state index in [0.29, 0.717) is 43.6 Å². The summed E-state index contributed by atoms with van der Waals surface area (Å²) in [6.07, 6.45) is 2.47. The second-order valence-electron chi connectivity index (χ2n) is 8.48. The first-order valence-corrected chi connectivity index (χ1v) is 10.8. The molecule has 6 nitrogen and oxygen atoms in total. The van der Waals surface area contributed by atoms with Crippen molar-refractivity contribution in [2.75, 3.05) is 39.3 Å². The van der Waals surface area contributed by atoms with Crippen molar-refractivity contribution in [1.82, 2.24) is 9.80 Å². The van der Waals surface area contributed by atoms with Crippen LogP contribution in [0, 0.1) is 5.41 Å². The van der Waals surface area contributed by atoms with E-state index in [1.807, 2.05) is 43.0 Å². The van der Waals surface area contributed by atoms with Crippen molar-refractivity contribution in [3.05, 3.63) is 45.6 Å². The third-order valence-corrected chi connectivity index (χ3v) is 5.94. The maximum Gasteiger partial charge on any atom is 0.253 e. The molecule has 0 radical (unpaired) electrons. The van der Waals surface area contributed by atoms with Crippen LogP contribution >= 0.6 is 15.9 Å². The molecule has 1 aliphatic heterocycles. The van der Waals surface area contributed by atoms with Gasteiger partial charge in [0.25, 0.3) is 5.91 Å². The van der Waals surface area contributed by atoms with E-state index in [2.05, 4.69) is 25.8 Å². The highest BCUT2D eigenvalue weighted by Gasteiger charge is 2.32. The largest absolute Gasteiger partial charge is 0.511 e. The Labute approximate surface area is 180 Å². The Hall–Kier alpha value is -1.99. The molecule has 1 fully saturated rings. The number of benzene rings is 1. The summed E-state index contributed by atoms with van der Waals surface area (Å²) in [7, 11) is 0. The van der Waals surface area contributed by atoms with Gasteiger partial charge in [-0.25, -0.2) is 0 Å². The van der Waals surface area contributed by atoms with E-state index in [4.69, 9.17) is 0 Å². The van der Waals surface area contributed by atoms with Gasteiger partial charge in [0.2, 0.25) is 0 Å². The molecule has 29 heavy (non-hydrogen) atoms. The van der Waals surface area contributed by atoms with Gasteiger partial charge in [-0.3, -0.25) is 19.5 Å². The summed E-state index contributed by atoms with van der Waals surface area (Å²) in [5.41, 5.74) is 0.875. The Morgan fingerprint density at radius 3 is 2.45 bits per heavy atom. The number of allylic oxidation sites excluding steroid dienone is 2. The van der Waals surface area contributed by atoms with Crippen molar-refractivity contribution in [3.63, 3.8) is 0 Å². The van der Waals surface area contributed by atoms with E-state index in [1.165, 1.54) is 6.21 Å². The van der Waals surface area contributed by atoms with Crippen LogP contribution in [0.3, 0.4) is 0 Å². The number of aliphatic imine (C=N–C) groups is 1. The van der Waals surface area contributed by atoms with Crippen LogP contribution in [0.15, 0.2) is 45.1 Å². The molecular formula is C22H28BrN3O3. The number of hydrogen-bond donors (Lipinski definition) is 1. The Balaban J connectivity index is 1.44. The molecule has 1 aliphatic carbocycles. The molecule has 1 aromatic carbocycles. The number of aliphatic hydroxyl groups excluding tert-OH is 1. The van der Waals surface area contributed by atoms with Gasteiger partial charge in [0.1, 0.15) is 5.76 Å². The Kier molecular flexibility index (Phi) is 6.90. The quantitative estimate of drug-likeness (QED) is 0.681. The molecular weight excluding hydrogens is 434 g/mol. The van der Waals surface area contributed by atoms with Gasteiger partial charge in [-0.05, 0) is 29.7 Å². The maximum absolute atomic E-state index is 12.6. The first-order chi connectivity index (χ1) is 13.7. The topological polar surface area (TPSA) is 73.2 Å². The standard InChI is InChI=1S/C22H28BrN3O3/c1-22(2)13-19(27)18(20(28)14-22)15-24-7-8-25-9-11-26(12-10-25)21(29)16-3-5-17(23)6-4-16/h3-6,15,27H,7-14H2,1-2H3. The first kappa shape index (κ1) is 21.7. The summed E-state index contributed by atoms with van der Waals surface area (Å²) in [5.74, 6) is 0.175. The van der Waals surface area contributed by atoms with Crippen LogP contribution in [0.5, 0.6) is 0 Å². The average molecular weight is 462 g/mol. The number of ketones is 1. The minimum Gasteiger partial charge on any atom is -0.511 e. The van der Waals surface area contributed by atoms with Crippen molar-refractivity contribution in [3.8, 4) is 0 Å². The molecule has 0 bridgehead atoms. The molecule has 1 aromatic rings. The van der Waals surface area contributed by atoms with Crippen LogP contribution in [0.4, 0.5) is 0 Å². The Morgan fingerprint density at radius 2 is 1.83 bits per heavy atom. The second kappa shape index (κ2) is 9.22. The van der Waals surface area contributed by atoms with Crippen molar-refractivity contribution in [2.24, 2.45) is 10.4 Å². The second-order valence-corrected chi connectivity index (χ2v) is 9.39. The van der Waals surface area contributed by atoms with Crippen LogP contribution in [-0.2, 0) is 4.79 Å². The molecule has 0 spiro atoms. The molecule has 0 aromatic heterocycles. The number of carbonyl (C=O) groups excluding carboxylic acids is 2. The lowest BCUT2D eigenvalue weighted by atomic mass is 9.77. The van der Waals surface area contributed by atoms with Crippen molar-refractivity contribution < 1.29 is 14.7 Å². The van der Waals surface area contributed by atoms with Gasteiger partial charge in [-0.15, -0.1) is 0 Å². The monoisotopic (exact) mass is 461 g/mol. The van der Waals surface area contributed by atoms with Crippen LogP contribution in [0.1, 0.15) is 37.0 Å². The third-order valence-electron chi connectivity index (χ3n) is 5.41. The SMILES string of the molecule is CC1(C)CC(=O)C(C=NCCN2CCN(C(=O)c3ccc(Br)cc3)CC2)=C(O)C1. The number of halogens is 1. The van der Waals surface area contributed by atoms with E-state index in [-0.39, 0.29) is 22.9 Å². The van der Waals surface area contributed by atoms with Gasteiger partial charge < -0.3 is 10.0 Å². The van der Waals surface area contributed by atoms with E-state index >= 15 is 0 Å². The normalized spacial score (nSPS) is 20.5. The highest BCUT2D eigenvalue weighted by molar-refractivity contribution is 9.10. The minimum absolute atomic E-state index is 0.0393. The fourth-order valence-corrected chi connectivity index (χ4v) is 4.02. The van der Waals surface area contributed by atoms with Crippen LogP contribution in [0.2, 0.25) is 0 Å². The van der Waals surface area contributed by atoms with Gasteiger partial charge in [-0.2, -0.15) is 0 Å². The predicted octanol–water partition coefficient (Wildman–Crippen LogP) is 3.48. The number of nitrogens with zero attached hydrogens (tertiary/aromatic N) is 3. The first-order valence-electron chi connectivity index (χ1n) is 9.97. The third kappa shape index (κ3) is 5.76. The summed E-state index contributed by atoms with van der Waals surface area (Å²) in [6.45, 7) is 8.29. The molecule has 0 unspecified atom stereocenters. The summed E-state index contributed by atoms with van der Waals surface area (Å²) >= 11 is 3.39. The fourth-order valence-electron chi connectivity index (χ4n) is 3.75. The van der Waals surface area contributed by atoms with Crippen molar-refractivity contribution >= 4 is 33.8 Å². The van der Waals surface area contributed by atoms with E-state index < -0.39 is 0 Å². The lowest BCUT2D eigenvalue weighted by molar-refractivity contribution is -0.117. The van der Waals surface area contributed by atoms with Gasteiger partial charge in [0.05, 0.1) is 12.1 Å². The number of rotatable bonds is 5. The smallest absolute Gasteiger partial charge is 0.253 e. The fraction of sp³-hybridized carbons (Fsp3) is 0.500. The molecule has 156 valence electrons. The summed E-state index contributed by atoms with van der Waals surface area (Å²) < 4.78 is 0.960. The number of Topliss-reactive ketones (excluding diaryl/α,β-unsaturated/α-hetero) is 1. The lowest BCUT2D eigenvalue weighted by Gasteiger charge is -2.34. The molecule has 1 saturated heterocycles. The zero-order valence-electron chi connectivity index (χ0n) is 17.0. The van der Waals surface area contributed by atoms with Crippen LogP contribution in [0.25, 0.3) is 0 Å². The zero-order chi connectivity index (χ0) is 21.0. The predicted molar refractivity (Wildman–Crippen MR) is 118 cm³/mol. The number of amides is 1. The summed E-state index contributed by atoms with van der Waals surface area (Å²) in [5, 5.41) is 10.1. The molecule has 7 heteroatoms. The van der Waals surface area contributed by atoms with Gasteiger partial charge in [-0.1, -0.05) is 29.8 Å². The average Bonchev–Trinajstić information content (AvgIpc) is 2.66. The van der Waals surface area contributed by atoms with Crippen LogP contribution in [-0.4, -0.2) is 72.1 Å². The van der Waals surface area contributed by atoms with Gasteiger partial charge >= 0.3 is 0 Å². The Bertz CT molecular complexity index is 822. The number of aliphatic hydroxyl groups is 1.